The third kappa shape index (κ3) is 5.61. The van der Waals surface area contributed by atoms with E-state index in [9.17, 15) is 0 Å². The van der Waals surface area contributed by atoms with Gasteiger partial charge in [0.2, 0.25) is 0 Å². The lowest BCUT2D eigenvalue weighted by atomic mass is 10.0. The van der Waals surface area contributed by atoms with Gasteiger partial charge in [-0.15, -0.1) is 0 Å². The number of hydrogen-bond acceptors (Lipinski definition) is 3. The summed E-state index contributed by atoms with van der Waals surface area (Å²) in [5, 5.41) is 12.6. The molecule has 0 bridgehead atoms. The van der Waals surface area contributed by atoms with Gasteiger partial charge >= 0.3 is 0 Å². The predicted octanol–water partition coefficient (Wildman–Crippen LogP) is 2.80. The highest BCUT2D eigenvalue weighted by molar-refractivity contribution is 9.10. The van der Waals surface area contributed by atoms with Crippen LogP contribution < -0.4 is 5.32 Å². The van der Waals surface area contributed by atoms with Gasteiger partial charge in [0, 0.05) is 23.6 Å². The SMILES string of the molecule is CCNC(CCN(CC)CCO)c1ccccc1Br. The molecule has 0 aliphatic carbocycles. The highest BCUT2D eigenvalue weighted by Gasteiger charge is 2.14. The number of nitrogens with one attached hydrogen (secondary N) is 1. The van der Waals surface area contributed by atoms with Crippen molar-refractivity contribution in [3.8, 4) is 0 Å². The van der Waals surface area contributed by atoms with Crippen LogP contribution in [0.2, 0.25) is 0 Å². The molecule has 0 spiro atoms. The summed E-state index contributed by atoms with van der Waals surface area (Å²) in [5.74, 6) is 0. The maximum absolute atomic E-state index is 9.03. The number of hydrogen-bond donors (Lipinski definition) is 2. The van der Waals surface area contributed by atoms with Crippen molar-refractivity contribution in [1.29, 1.82) is 0 Å². The molecule has 4 heteroatoms. The Morgan fingerprint density at radius 3 is 2.58 bits per heavy atom. The van der Waals surface area contributed by atoms with E-state index in [4.69, 9.17) is 5.11 Å². The second-order valence-electron chi connectivity index (χ2n) is 4.58. The van der Waals surface area contributed by atoms with Crippen LogP contribution in [0, 0.1) is 0 Å². The van der Waals surface area contributed by atoms with Crippen molar-refractivity contribution in [3.63, 3.8) is 0 Å². The zero-order valence-electron chi connectivity index (χ0n) is 11.9. The summed E-state index contributed by atoms with van der Waals surface area (Å²) in [6.45, 7) is 8.19. The maximum Gasteiger partial charge on any atom is 0.0558 e. The fourth-order valence-corrected chi connectivity index (χ4v) is 2.81. The van der Waals surface area contributed by atoms with Crippen LogP contribution in [0.25, 0.3) is 0 Å². The Balaban J connectivity index is 2.65. The number of rotatable bonds is 9. The zero-order chi connectivity index (χ0) is 14.1. The summed E-state index contributed by atoms with van der Waals surface area (Å²) in [5.41, 5.74) is 1.31. The van der Waals surface area contributed by atoms with Gasteiger partial charge < -0.3 is 15.3 Å². The van der Waals surface area contributed by atoms with Gasteiger partial charge in [0.1, 0.15) is 0 Å². The molecule has 0 fully saturated rings. The van der Waals surface area contributed by atoms with E-state index in [1.54, 1.807) is 0 Å². The first-order chi connectivity index (χ1) is 9.22. The number of nitrogens with zero attached hydrogens (tertiary/aromatic N) is 1. The second-order valence-corrected chi connectivity index (χ2v) is 5.43. The van der Waals surface area contributed by atoms with Crippen LogP contribution >= 0.6 is 15.9 Å². The van der Waals surface area contributed by atoms with Crippen LogP contribution in [0.3, 0.4) is 0 Å². The first kappa shape index (κ1) is 16.6. The highest BCUT2D eigenvalue weighted by atomic mass is 79.9. The highest BCUT2D eigenvalue weighted by Crippen LogP contribution is 2.25. The molecule has 2 N–H and O–H groups in total. The van der Waals surface area contributed by atoms with Crippen LogP contribution in [0.4, 0.5) is 0 Å². The minimum absolute atomic E-state index is 0.231. The molecule has 1 aromatic carbocycles. The predicted molar refractivity (Wildman–Crippen MR) is 84.4 cm³/mol. The van der Waals surface area contributed by atoms with E-state index in [-0.39, 0.29) is 6.61 Å². The Hall–Kier alpha value is -0.420. The molecule has 1 rings (SSSR count). The van der Waals surface area contributed by atoms with Crippen molar-refractivity contribution in [2.75, 3.05) is 32.8 Å². The number of halogens is 1. The molecule has 0 saturated carbocycles. The first-order valence-corrected chi connectivity index (χ1v) is 7.83. The lowest BCUT2D eigenvalue weighted by Crippen LogP contribution is -2.31. The smallest absolute Gasteiger partial charge is 0.0558 e. The van der Waals surface area contributed by atoms with E-state index >= 15 is 0 Å². The van der Waals surface area contributed by atoms with Crippen molar-refractivity contribution in [3.05, 3.63) is 34.3 Å². The lowest BCUT2D eigenvalue weighted by molar-refractivity contribution is 0.195. The van der Waals surface area contributed by atoms with Crippen LogP contribution in [0.15, 0.2) is 28.7 Å². The quantitative estimate of drug-likeness (QED) is 0.731. The van der Waals surface area contributed by atoms with Crippen molar-refractivity contribution in [1.82, 2.24) is 10.2 Å². The fourth-order valence-electron chi connectivity index (χ4n) is 2.25. The molecule has 1 atom stereocenters. The van der Waals surface area contributed by atoms with Crippen LogP contribution in [0.5, 0.6) is 0 Å². The first-order valence-electron chi connectivity index (χ1n) is 7.03. The van der Waals surface area contributed by atoms with Gasteiger partial charge in [-0.25, -0.2) is 0 Å². The van der Waals surface area contributed by atoms with Gasteiger partial charge in [-0.05, 0) is 31.1 Å². The van der Waals surface area contributed by atoms with Crippen molar-refractivity contribution in [2.45, 2.75) is 26.3 Å². The van der Waals surface area contributed by atoms with E-state index in [1.807, 2.05) is 6.07 Å². The minimum Gasteiger partial charge on any atom is -0.395 e. The molecule has 3 nitrogen and oxygen atoms in total. The van der Waals surface area contributed by atoms with E-state index < -0.39 is 0 Å². The Labute approximate surface area is 125 Å². The number of benzene rings is 1. The van der Waals surface area contributed by atoms with Gasteiger partial charge in [-0.3, -0.25) is 0 Å². The molecule has 0 aliphatic heterocycles. The number of aliphatic hydroxyl groups excluding tert-OH is 1. The molecule has 0 amide bonds. The summed E-state index contributed by atoms with van der Waals surface area (Å²) >= 11 is 3.63. The van der Waals surface area contributed by atoms with Gasteiger partial charge in [-0.2, -0.15) is 0 Å². The summed E-state index contributed by atoms with van der Waals surface area (Å²) in [6.07, 6.45) is 1.05. The minimum atomic E-state index is 0.231. The molecule has 0 aromatic heterocycles. The van der Waals surface area contributed by atoms with E-state index in [2.05, 4.69) is 58.2 Å². The van der Waals surface area contributed by atoms with Gasteiger partial charge in [0.05, 0.1) is 6.61 Å². The van der Waals surface area contributed by atoms with Crippen LogP contribution in [0.1, 0.15) is 31.9 Å². The van der Waals surface area contributed by atoms with E-state index in [0.29, 0.717) is 6.04 Å². The monoisotopic (exact) mass is 328 g/mol. The molecule has 0 saturated heterocycles. The molecule has 1 aromatic rings. The molecule has 108 valence electrons. The maximum atomic E-state index is 9.03. The van der Waals surface area contributed by atoms with E-state index in [1.165, 1.54) is 5.56 Å². The molecule has 19 heavy (non-hydrogen) atoms. The molecule has 0 aliphatic rings. The average molecular weight is 329 g/mol. The fraction of sp³-hybridized carbons (Fsp3) is 0.600. The van der Waals surface area contributed by atoms with E-state index in [0.717, 1.165) is 37.1 Å². The summed E-state index contributed by atoms with van der Waals surface area (Å²) < 4.78 is 1.16. The summed E-state index contributed by atoms with van der Waals surface area (Å²) in [7, 11) is 0. The molecule has 0 radical (unpaired) electrons. The average Bonchev–Trinajstić information content (AvgIpc) is 2.42. The van der Waals surface area contributed by atoms with Gasteiger partial charge in [0.15, 0.2) is 0 Å². The number of aliphatic hydroxyl groups is 1. The third-order valence-electron chi connectivity index (χ3n) is 3.33. The largest absolute Gasteiger partial charge is 0.395 e. The summed E-state index contributed by atoms with van der Waals surface area (Å²) in [4.78, 5) is 2.28. The Morgan fingerprint density at radius 2 is 2.00 bits per heavy atom. The Morgan fingerprint density at radius 1 is 1.26 bits per heavy atom. The number of likely N-dealkylation sites (N-methyl/N-ethyl adjacent to an activating group) is 1. The zero-order valence-corrected chi connectivity index (χ0v) is 13.5. The van der Waals surface area contributed by atoms with Gasteiger partial charge in [0.25, 0.3) is 0 Å². The molecule has 0 heterocycles. The third-order valence-corrected chi connectivity index (χ3v) is 4.05. The Bertz CT molecular complexity index is 360. The lowest BCUT2D eigenvalue weighted by Gasteiger charge is -2.24. The van der Waals surface area contributed by atoms with Crippen LogP contribution in [-0.4, -0.2) is 42.8 Å². The van der Waals surface area contributed by atoms with Crippen molar-refractivity contribution < 1.29 is 5.11 Å². The summed E-state index contributed by atoms with van der Waals surface area (Å²) in [6, 6.07) is 8.73. The topological polar surface area (TPSA) is 35.5 Å². The Kier molecular flexibility index (Phi) is 8.30. The molecular weight excluding hydrogens is 304 g/mol. The van der Waals surface area contributed by atoms with Gasteiger partial charge in [-0.1, -0.05) is 48.0 Å². The van der Waals surface area contributed by atoms with Crippen LogP contribution in [-0.2, 0) is 0 Å². The molecule has 1 unspecified atom stereocenters. The normalized spacial score (nSPS) is 12.9. The van der Waals surface area contributed by atoms with Crippen molar-refractivity contribution in [2.24, 2.45) is 0 Å². The standard InChI is InChI=1S/C15H25BrN2O/c1-3-17-15(9-10-18(4-2)11-12-19)13-7-5-6-8-14(13)16/h5-8,15,17,19H,3-4,9-12H2,1-2H3. The molecular formula is C15H25BrN2O. The second kappa shape index (κ2) is 9.48. The van der Waals surface area contributed by atoms with Crippen molar-refractivity contribution >= 4 is 15.9 Å².